The van der Waals surface area contributed by atoms with Crippen LogP contribution < -0.4 is 121 Å². The molecule has 0 spiro atoms. The summed E-state index contributed by atoms with van der Waals surface area (Å²) in [6, 6.07) is 63.3. The van der Waals surface area contributed by atoms with Crippen LogP contribution in [0.15, 0.2) is 232 Å². The lowest BCUT2D eigenvalue weighted by molar-refractivity contribution is 0.0853. The van der Waals surface area contributed by atoms with Gasteiger partial charge in [-0.15, -0.1) is 0 Å². The predicted molar refractivity (Wildman–Crippen MR) is 558 cm³/mol. The zero-order chi connectivity index (χ0) is 95.3. The number of rotatable bonds is 18. The molecule has 0 unspecified atom stereocenters. The lowest BCUT2D eigenvalue weighted by Gasteiger charge is -2.37. The third kappa shape index (κ3) is 24.2. The van der Waals surface area contributed by atoms with Crippen molar-refractivity contribution in [2.75, 3.05) is 272 Å². The number of benzene rings is 6. The molecule has 20 N–H and O–H groups in total. The number of pyridine rings is 3. The highest BCUT2D eigenvalue weighted by Gasteiger charge is 2.28. The van der Waals surface area contributed by atoms with E-state index in [1.807, 2.05) is 61.8 Å². The Morgan fingerprint density at radius 2 is 0.601 bits per heavy atom. The second-order valence-electron chi connectivity index (χ2n) is 33.6. The van der Waals surface area contributed by atoms with Crippen molar-refractivity contribution >= 4 is 116 Å². The van der Waals surface area contributed by atoms with Gasteiger partial charge >= 0.3 is 0 Å². The van der Waals surface area contributed by atoms with Crippen LogP contribution in [0.1, 0.15) is 37.4 Å². The van der Waals surface area contributed by atoms with Crippen molar-refractivity contribution in [2.45, 2.75) is 33.1 Å². The Labute approximate surface area is 804 Å². The molecule has 8 aromatic heterocycles. The van der Waals surface area contributed by atoms with Crippen LogP contribution in [-0.4, -0.2) is 230 Å². The van der Waals surface area contributed by atoms with Gasteiger partial charge in [0, 0.05) is 220 Å². The number of nitrogens with zero attached hydrogens (tertiary/aromatic N) is 23. The maximum atomic E-state index is 6.01. The van der Waals surface area contributed by atoms with Crippen LogP contribution in [-0.2, 0) is 4.74 Å². The van der Waals surface area contributed by atoms with Gasteiger partial charge in [0.25, 0.3) is 0 Å². The predicted octanol–water partition coefficient (Wildman–Crippen LogP) is 11.6. The van der Waals surface area contributed by atoms with Crippen molar-refractivity contribution in [1.82, 2.24) is 64.8 Å². The first-order chi connectivity index (χ1) is 66.7. The van der Waals surface area contributed by atoms with Crippen molar-refractivity contribution in [3.05, 3.63) is 243 Å². The van der Waals surface area contributed by atoms with Gasteiger partial charge in [-0.1, -0.05) is 86.3 Å². The number of ether oxygens (including phenoxy) is 4. The second kappa shape index (κ2) is 45.5. The van der Waals surface area contributed by atoms with E-state index < -0.39 is 0 Å². The highest BCUT2D eigenvalue weighted by Crippen LogP contribution is 2.38. The molecule has 6 fully saturated rings. The summed E-state index contributed by atoms with van der Waals surface area (Å²) in [7, 11) is 4.95. The largest absolute Gasteiger partial charge is 0.497 e. The number of piperazine rings is 5. The SMILES string of the molecule is C.COc1ccc(-c2cccc(N3CCN(c4cnc(N)nc4N)CC3)c2)cn1.COc1cccc(-c2cccc(N3CCN(c4cnc(N)nc4N)CC3)c2)c1.COc1ncccc1-c1cccc(N2CCN(c3cnc(N)nc3N)CC2)c1.Cc1ccc(-c2cccc(N3CCN(c4cnc(N)nc4N)CC3)c2)cn1.Nc1ncc(N2CCN(c3cccc(C4CCOCC4)c3)CC2)c(N)n1. The molecule has 14 heterocycles. The van der Waals surface area contributed by atoms with Gasteiger partial charge in [-0.05, 0) is 156 Å². The van der Waals surface area contributed by atoms with Crippen LogP contribution in [0, 0.1) is 6.92 Å². The number of aromatic nitrogens is 13. The van der Waals surface area contributed by atoms with Gasteiger partial charge in [-0.3, -0.25) is 4.98 Å². The minimum absolute atomic E-state index is 0. The molecular weight excluding hydrogens is 1740 g/mol. The van der Waals surface area contributed by atoms with Gasteiger partial charge in [0.05, 0.1) is 80.8 Å². The van der Waals surface area contributed by atoms with Gasteiger partial charge in [-0.2, -0.15) is 24.9 Å². The molecule has 6 aliphatic rings. The first-order valence-corrected chi connectivity index (χ1v) is 45.8. The molecule has 0 saturated carbocycles. The number of hydrogen-bond donors (Lipinski definition) is 10. The topological polar surface area (TPSA) is 497 Å². The minimum atomic E-state index is 0. The van der Waals surface area contributed by atoms with Crippen molar-refractivity contribution in [1.29, 1.82) is 0 Å². The summed E-state index contributed by atoms with van der Waals surface area (Å²) < 4.78 is 21.4. The van der Waals surface area contributed by atoms with Crippen molar-refractivity contribution in [2.24, 2.45) is 0 Å². The van der Waals surface area contributed by atoms with Gasteiger partial charge in [0.2, 0.25) is 41.5 Å². The summed E-state index contributed by atoms with van der Waals surface area (Å²) in [4.78, 5) is 76.6. The molecule has 138 heavy (non-hydrogen) atoms. The van der Waals surface area contributed by atoms with Gasteiger partial charge in [0.15, 0.2) is 29.1 Å². The second-order valence-corrected chi connectivity index (χ2v) is 33.6. The number of anilines is 20. The lowest BCUT2D eigenvalue weighted by atomic mass is 9.91. The molecule has 716 valence electrons. The van der Waals surface area contributed by atoms with Crippen LogP contribution in [0.4, 0.5) is 116 Å². The van der Waals surface area contributed by atoms with Gasteiger partial charge in [0.1, 0.15) is 5.75 Å². The molecule has 6 aliphatic heterocycles. The Balaban J connectivity index is 0.000000131. The number of nitrogen functional groups attached to an aromatic ring is 10. The van der Waals surface area contributed by atoms with Crippen molar-refractivity contribution in [3.63, 3.8) is 0 Å². The zero-order valence-corrected chi connectivity index (χ0v) is 77.7. The van der Waals surface area contributed by atoms with Crippen LogP contribution >= 0.6 is 0 Å². The first kappa shape index (κ1) is 96.1. The molecule has 0 radical (unpaired) electrons. The van der Waals surface area contributed by atoms with Crippen LogP contribution in [0.25, 0.3) is 44.5 Å². The van der Waals surface area contributed by atoms with Crippen LogP contribution in [0.2, 0.25) is 0 Å². The quantitative estimate of drug-likeness (QED) is 0.0381. The maximum absolute atomic E-state index is 6.01. The van der Waals surface area contributed by atoms with E-state index in [1.54, 1.807) is 58.5 Å². The minimum Gasteiger partial charge on any atom is -0.497 e. The monoisotopic (exact) mass is 1860 g/mol. The van der Waals surface area contributed by atoms with E-state index in [0.29, 0.717) is 46.8 Å². The number of nitrogens with two attached hydrogens (primary N) is 10. The molecular formula is C101H123N33O4. The average Bonchev–Trinajstić information content (AvgIpc) is 0.806. The standard InChI is InChI=1S/C21H24N6O.2C20H23N7O.C20H23N7.C19H26N6O.CH4/c1-28-18-7-3-5-16(13-18)15-4-2-6-17(12-15)26-8-10-27(11-9-26)19-14-24-21(23)25-20(19)22;1-28-19-16(6-3-7-23-19)14-4-2-5-15(12-14)26-8-10-27(11-9-26)17-13-24-20(22)25-18(17)21;1-28-18-6-5-15(12-23-18)14-3-2-4-16(11-14)26-7-9-27(10-8-26)17-13-24-20(22)25-19(17)21;1-14-5-6-16(12-23-14)15-3-2-4-17(11-15)26-7-9-27(10-8-26)18-13-24-20(22)25-19(18)21;20-18-17(13-22-19(21)23-18)25-8-6-24(7-9-25)16-3-1-2-15(12-16)14-4-10-26-11-5-14;/h2-7,12-14H,8-11H2,1H3,(H4,22,23,24,25);2-7,12-13H,8-11H2,1H3,(H4,21,22,24,25);2-6,11-13H,7-10H2,1H3,(H4,21,22,24,25);2-6,11-13H,7-10H2,1H3,(H4,21,22,24,25);1-3,12-14H,4-11H2,(H4,20,21,22,23);1H4. The summed E-state index contributed by atoms with van der Waals surface area (Å²) in [5.74, 6) is 5.91. The Morgan fingerprint density at radius 3 is 0.935 bits per heavy atom. The molecule has 0 bridgehead atoms. The molecule has 0 atom stereocenters. The highest BCUT2D eigenvalue weighted by molar-refractivity contribution is 5.77. The van der Waals surface area contributed by atoms with Crippen molar-refractivity contribution in [3.8, 4) is 62.0 Å². The maximum Gasteiger partial charge on any atom is 0.222 e. The Hall–Kier alpha value is -16.5. The molecule has 6 saturated heterocycles. The first-order valence-electron chi connectivity index (χ1n) is 45.8. The fourth-order valence-electron chi connectivity index (χ4n) is 17.7. The molecule has 14 aromatic rings. The number of hydrogen-bond acceptors (Lipinski definition) is 37. The Bertz CT molecular complexity index is 6340. The zero-order valence-electron chi connectivity index (χ0n) is 77.7. The van der Waals surface area contributed by atoms with Gasteiger partial charge in [-0.25, -0.2) is 34.9 Å². The van der Waals surface area contributed by atoms with E-state index in [-0.39, 0.29) is 37.2 Å². The van der Waals surface area contributed by atoms with Crippen LogP contribution in [0.5, 0.6) is 17.5 Å². The van der Waals surface area contributed by atoms with Crippen molar-refractivity contribution < 1.29 is 18.9 Å². The summed E-state index contributed by atoms with van der Waals surface area (Å²) in [5, 5.41) is 0. The summed E-state index contributed by atoms with van der Waals surface area (Å²) >= 11 is 0. The third-order valence-electron chi connectivity index (χ3n) is 25.2. The summed E-state index contributed by atoms with van der Waals surface area (Å²) in [6.07, 6.45) is 16.3. The fourth-order valence-corrected chi connectivity index (χ4v) is 17.7. The molecule has 6 aromatic carbocycles. The molecule has 37 heteroatoms. The number of methoxy groups -OCH3 is 3. The molecule has 37 nitrogen and oxygen atoms in total. The molecule has 20 rings (SSSR count). The molecule has 0 aliphatic carbocycles. The van der Waals surface area contributed by atoms with Crippen LogP contribution in [0.3, 0.4) is 0 Å². The smallest absolute Gasteiger partial charge is 0.222 e. The Kier molecular flexibility index (Phi) is 31.7. The van der Waals surface area contributed by atoms with Gasteiger partial charge < -0.3 is 125 Å². The van der Waals surface area contributed by atoms with E-state index in [0.717, 1.165) is 230 Å². The normalized spacial score (nSPS) is 15.0. The third-order valence-corrected chi connectivity index (χ3v) is 25.2. The number of aryl methyl sites for hydroxylation is 1. The van der Waals surface area contributed by atoms with E-state index in [9.17, 15) is 0 Å². The highest BCUT2D eigenvalue weighted by atomic mass is 16.5. The van der Waals surface area contributed by atoms with E-state index in [4.69, 9.17) is 76.3 Å². The van der Waals surface area contributed by atoms with E-state index >= 15 is 0 Å². The fraction of sp³-hybridized carbons (Fsp3) is 0.297. The average molecular weight is 1860 g/mol. The Morgan fingerprint density at radius 1 is 0.283 bits per heavy atom. The molecule has 0 amide bonds. The summed E-state index contributed by atoms with van der Waals surface area (Å²) in [6.45, 7) is 21.3. The van der Waals surface area contributed by atoms with E-state index in [1.165, 1.54) is 45.1 Å². The summed E-state index contributed by atoms with van der Waals surface area (Å²) in [5.41, 5.74) is 79.7. The van der Waals surface area contributed by atoms with E-state index in [2.05, 4.69) is 253 Å². The lowest BCUT2D eigenvalue weighted by Crippen LogP contribution is -2.46.